The first kappa shape index (κ1) is 25.7. The number of nitrogens with one attached hydrogen (secondary N) is 2. The molecule has 0 radical (unpaired) electrons. The summed E-state index contributed by atoms with van der Waals surface area (Å²) >= 11 is 0. The van der Waals surface area contributed by atoms with E-state index in [1.807, 2.05) is 30.3 Å². The van der Waals surface area contributed by atoms with Crippen LogP contribution in [0.25, 0.3) is 0 Å². The zero-order valence-corrected chi connectivity index (χ0v) is 20.0. The van der Waals surface area contributed by atoms with E-state index in [0.717, 1.165) is 43.7 Å². The molecule has 34 heavy (non-hydrogen) atoms. The van der Waals surface area contributed by atoms with Crippen molar-refractivity contribution >= 4 is 17.8 Å². The van der Waals surface area contributed by atoms with E-state index in [2.05, 4.69) is 10.6 Å². The molecule has 3 rings (SSSR count). The van der Waals surface area contributed by atoms with Gasteiger partial charge in [-0.15, -0.1) is 0 Å². The van der Waals surface area contributed by atoms with Gasteiger partial charge < -0.3 is 25.4 Å². The normalized spacial score (nSPS) is 20.1. The van der Waals surface area contributed by atoms with E-state index in [9.17, 15) is 19.5 Å². The van der Waals surface area contributed by atoms with Crippen LogP contribution in [0.1, 0.15) is 44.1 Å². The number of methoxy groups -OCH3 is 1. The van der Waals surface area contributed by atoms with Crippen molar-refractivity contribution in [1.82, 2.24) is 15.5 Å². The first-order valence-corrected chi connectivity index (χ1v) is 12.3. The molecule has 2 heterocycles. The van der Waals surface area contributed by atoms with Crippen molar-refractivity contribution in [2.45, 2.75) is 51.0 Å². The Morgan fingerprint density at radius 1 is 1.21 bits per heavy atom. The van der Waals surface area contributed by atoms with Crippen LogP contribution in [-0.4, -0.2) is 67.1 Å². The molecule has 8 heteroatoms. The lowest BCUT2D eigenvalue weighted by Crippen LogP contribution is -2.47. The summed E-state index contributed by atoms with van der Waals surface area (Å²) in [5.74, 6) is -0.276. The Labute approximate surface area is 201 Å². The highest BCUT2D eigenvalue weighted by molar-refractivity contribution is 5.88. The van der Waals surface area contributed by atoms with Gasteiger partial charge in [0.25, 0.3) is 0 Å². The summed E-state index contributed by atoms with van der Waals surface area (Å²) in [6.07, 6.45) is 8.26. The van der Waals surface area contributed by atoms with Crippen molar-refractivity contribution in [1.29, 1.82) is 0 Å². The van der Waals surface area contributed by atoms with Crippen LogP contribution in [0.2, 0.25) is 0 Å². The summed E-state index contributed by atoms with van der Waals surface area (Å²) in [6, 6.07) is 7.17. The van der Waals surface area contributed by atoms with Crippen LogP contribution >= 0.6 is 0 Å². The molecule has 186 valence electrons. The summed E-state index contributed by atoms with van der Waals surface area (Å²) in [6.45, 7) is 2.98. The molecule has 0 bridgehead atoms. The van der Waals surface area contributed by atoms with Crippen molar-refractivity contribution in [3.8, 4) is 5.75 Å². The van der Waals surface area contributed by atoms with E-state index < -0.39 is 12.0 Å². The molecule has 0 unspecified atom stereocenters. The largest absolute Gasteiger partial charge is 0.497 e. The number of piperidine rings is 2. The molecule has 0 aliphatic carbocycles. The van der Waals surface area contributed by atoms with Gasteiger partial charge in [-0.25, -0.2) is 0 Å². The maximum Gasteiger partial charge on any atom is 0.305 e. The van der Waals surface area contributed by atoms with Gasteiger partial charge in [-0.2, -0.15) is 0 Å². The lowest BCUT2D eigenvalue weighted by atomic mass is 9.95. The van der Waals surface area contributed by atoms with Gasteiger partial charge in [-0.3, -0.25) is 14.4 Å². The molecule has 0 spiro atoms. The lowest BCUT2D eigenvalue weighted by molar-refractivity contribution is -0.138. The number of nitrogens with zero attached hydrogens (tertiary/aromatic N) is 1. The first-order chi connectivity index (χ1) is 16.4. The Morgan fingerprint density at radius 3 is 2.62 bits per heavy atom. The minimum Gasteiger partial charge on any atom is -0.497 e. The number of ether oxygens (including phenoxy) is 1. The number of benzene rings is 1. The number of aryl methyl sites for hydroxylation is 1. The molecule has 0 saturated carbocycles. The molecule has 0 aromatic heterocycles. The molecule has 2 fully saturated rings. The zero-order valence-electron chi connectivity index (χ0n) is 20.0. The van der Waals surface area contributed by atoms with Gasteiger partial charge >= 0.3 is 5.97 Å². The molecule has 2 amide bonds. The number of likely N-dealkylation sites (tertiary alicyclic amines) is 1. The predicted octanol–water partition coefficient (Wildman–Crippen LogP) is 2.38. The zero-order chi connectivity index (χ0) is 24.3. The Hall–Kier alpha value is -2.87. The smallest absolute Gasteiger partial charge is 0.305 e. The first-order valence-electron chi connectivity index (χ1n) is 12.3. The molecule has 2 aliphatic rings. The number of carboxylic acids is 1. The second-order valence-electron chi connectivity index (χ2n) is 9.26. The maximum atomic E-state index is 13.0. The summed E-state index contributed by atoms with van der Waals surface area (Å²) in [7, 11) is 1.61. The Balaban J connectivity index is 1.52. The number of carbonyl (C=O) groups is 3. The van der Waals surface area contributed by atoms with Gasteiger partial charge in [0.15, 0.2) is 0 Å². The standard InChI is InChI=1S/C26H37N3O5/c1-34-23-9-5-19(6-10-23)4-8-22(17-25(31)32)28-26(33)21-3-2-16-29(18-21)24(30)11-7-20-12-14-27-15-13-20/h5-7,9-11,20-22,27H,2-4,8,12-18H2,1H3,(H,28,33)(H,31,32)/b11-7+/t21-,22-/m1/s1. The van der Waals surface area contributed by atoms with E-state index in [1.54, 1.807) is 18.1 Å². The average Bonchev–Trinajstić information content (AvgIpc) is 2.86. The van der Waals surface area contributed by atoms with Crippen LogP contribution in [0.4, 0.5) is 0 Å². The van der Waals surface area contributed by atoms with E-state index in [4.69, 9.17) is 4.74 Å². The molecule has 1 aromatic carbocycles. The van der Waals surface area contributed by atoms with Gasteiger partial charge in [-0.1, -0.05) is 18.2 Å². The second kappa shape index (κ2) is 13.1. The van der Waals surface area contributed by atoms with Gasteiger partial charge in [0, 0.05) is 19.1 Å². The van der Waals surface area contributed by atoms with Crippen LogP contribution in [-0.2, 0) is 20.8 Å². The maximum absolute atomic E-state index is 13.0. The molecular formula is C26H37N3O5. The van der Waals surface area contributed by atoms with Crippen molar-refractivity contribution in [3.63, 3.8) is 0 Å². The number of hydrogen-bond donors (Lipinski definition) is 3. The summed E-state index contributed by atoms with van der Waals surface area (Å²) in [5.41, 5.74) is 1.06. The highest BCUT2D eigenvalue weighted by Gasteiger charge is 2.29. The fraction of sp³-hybridized carbons (Fsp3) is 0.577. The number of carbonyl (C=O) groups excluding carboxylic acids is 2. The van der Waals surface area contributed by atoms with E-state index in [1.165, 1.54) is 0 Å². The molecule has 3 N–H and O–H groups in total. The second-order valence-corrected chi connectivity index (χ2v) is 9.26. The molecule has 8 nitrogen and oxygen atoms in total. The van der Waals surface area contributed by atoms with E-state index in [-0.39, 0.29) is 24.2 Å². The van der Waals surface area contributed by atoms with Gasteiger partial charge in [0.1, 0.15) is 5.75 Å². The van der Waals surface area contributed by atoms with Crippen molar-refractivity contribution < 1.29 is 24.2 Å². The van der Waals surface area contributed by atoms with Crippen LogP contribution in [0, 0.1) is 11.8 Å². The number of carboxylic acid groups (broad SMARTS) is 1. The molecule has 2 saturated heterocycles. The number of allylic oxidation sites excluding steroid dienone is 1. The van der Waals surface area contributed by atoms with Gasteiger partial charge in [-0.05, 0) is 81.3 Å². The van der Waals surface area contributed by atoms with Crippen LogP contribution in [0.5, 0.6) is 5.75 Å². The summed E-state index contributed by atoms with van der Waals surface area (Å²) in [4.78, 5) is 38.8. The third-order valence-corrected chi connectivity index (χ3v) is 6.71. The predicted molar refractivity (Wildman–Crippen MR) is 130 cm³/mol. The van der Waals surface area contributed by atoms with Crippen molar-refractivity contribution in [2.75, 3.05) is 33.3 Å². The van der Waals surface area contributed by atoms with Gasteiger partial charge in [0.05, 0.1) is 19.4 Å². The Kier molecular flexibility index (Phi) is 9.94. The van der Waals surface area contributed by atoms with E-state index >= 15 is 0 Å². The van der Waals surface area contributed by atoms with Crippen molar-refractivity contribution in [2.24, 2.45) is 11.8 Å². The Bertz CT molecular complexity index is 848. The highest BCUT2D eigenvalue weighted by atomic mass is 16.5. The fourth-order valence-corrected chi connectivity index (χ4v) is 4.64. The fourth-order valence-electron chi connectivity index (χ4n) is 4.64. The quantitative estimate of drug-likeness (QED) is 0.452. The average molecular weight is 472 g/mol. The third-order valence-electron chi connectivity index (χ3n) is 6.71. The molecule has 1 aromatic rings. The van der Waals surface area contributed by atoms with Crippen LogP contribution in [0.15, 0.2) is 36.4 Å². The highest BCUT2D eigenvalue weighted by Crippen LogP contribution is 2.20. The lowest BCUT2D eigenvalue weighted by Gasteiger charge is -2.32. The van der Waals surface area contributed by atoms with Crippen LogP contribution < -0.4 is 15.4 Å². The molecule has 2 aliphatic heterocycles. The topological polar surface area (TPSA) is 108 Å². The minimum absolute atomic E-state index is 0.0439. The van der Waals surface area contributed by atoms with E-state index in [0.29, 0.717) is 38.3 Å². The summed E-state index contributed by atoms with van der Waals surface area (Å²) in [5, 5.41) is 15.6. The summed E-state index contributed by atoms with van der Waals surface area (Å²) < 4.78 is 5.17. The SMILES string of the molecule is COc1ccc(CC[C@H](CC(=O)O)NC(=O)[C@@H]2CCCN(C(=O)/C=C/C3CCNCC3)C2)cc1. The number of amides is 2. The molecular weight excluding hydrogens is 434 g/mol. The van der Waals surface area contributed by atoms with Crippen molar-refractivity contribution in [3.05, 3.63) is 42.0 Å². The van der Waals surface area contributed by atoms with Crippen LogP contribution in [0.3, 0.4) is 0 Å². The minimum atomic E-state index is -0.941. The number of aliphatic carboxylic acids is 1. The molecule has 2 atom stereocenters. The third kappa shape index (κ3) is 8.17. The monoisotopic (exact) mass is 471 g/mol. The van der Waals surface area contributed by atoms with Gasteiger partial charge in [0.2, 0.25) is 11.8 Å². The number of rotatable bonds is 10. The number of hydrogen-bond acceptors (Lipinski definition) is 5. The Morgan fingerprint density at radius 2 is 1.94 bits per heavy atom.